The van der Waals surface area contributed by atoms with Crippen molar-refractivity contribution in [3.8, 4) is 5.75 Å². The van der Waals surface area contributed by atoms with Gasteiger partial charge in [-0.3, -0.25) is 0 Å². The second-order valence-electron chi connectivity index (χ2n) is 4.55. The minimum atomic E-state index is 0.264. The molecule has 1 aromatic carbocycles. The Morgan fingerprint density at radius 2 is 1.76 bits per heavy atom. The summed E-state index contributed by atoms with van der Waals surface area (Å²) in [6.45, 7) is 3.57. The number of nitrogen functional groups attached to an aromatic ring is 1. The maximum atomic E-state index is 5.69. The summed E-state index contributed by atoms with van der Waals surface area (Å²) in [4.78, 5) is 8.28. The molecular formula is C15H21N5O. The molecule has 0 aliphatic rings. The molecule has 0 saturated carbocycles. The smallest absolute Gasteiger partial charge is 0.223 e. The normalized spacial score (nSPS) is 10.2. The summed E-state index contributed by atoms with van der Waals surface area (Å²) in [6.07, 6.45) is 0.893. The first kappa shape index (κ1) is 14.9. The van der Waals surface area contributed by atoms with Crippen LogP contribution in [0.5, 0.6) is 5.75 Å². The van der Waals surface area contributed by atoms with Crippen LogP contribution in [-0.4, -0.2) is 30.2 Å². The standard InChI is InChI=1S/C15H21N5O/c1-3-17-13-10-14(20-15(16)19-13)18-9-8-11-4-6-12(21-2)7-5-11/h4-7,10H,3,8-9H2,1-2H3,(H4,16,17,18,19,20). The Kier molecular flexibility index (Phi) is 5.20. The van der Waals surface area contributed by atoms with E-state index in [9.17, 15) is 0 Å². The first-order chi connectivity index (χ1) is 10.2. The summed E-state index contributed by atoms with van der Waals surface area (Å²) in [6, 6.07) is 9.88. The van der Waals surface area contributed by atoms with E-state index in [2.05, 4.69) is 32.7 Å². The molecule has 1 aromatic heterocycles. The number of hydrogen-bond donors (Lipinski definition) is 3. The molecule has 0 amide bonds. The van der Waals surface area contributed by atoms with Crippen molar-refractivity contribution in [3.05, 3.63) is 35.9 Å². The number of ether oxygens (including phenoxy) is 1. The third-order valence-electron chi connectivity index (χ3n) is 2.98. The number of anilines is 3. The van der Waals surface area contributed by atoms with Crippen molar-refractivity contribution in [1.29, 1.82) is 0 Å². The van der Waals surface area contributed by atoms with E-state index in [0.717, 1.165) is 36.9 Å². The maximum absolute atomic E-state index is 5.69. The molecule has 6 heteroatoms. The lowest BCUT2D eigenvalue weighted by Crippen LogP contribution is -2.10. The molecule has 0 fully saturated rings. The molecule has 0 aliphatic heterocycles. The Hall–Kier alpha value is -2.50. The Morgan fingerprint density at radius 1 is 1.10 bits per heavy atom. The highest BCUT2D eigenvalue weighted by Gasteiger charge is 2.01. The topological polar surface area (TPSA) is 85.1 Å². The van der Waals surface area contributed by atoms with E-state index >= 15 is 0 Å². The summed E-state index contributed by atoms with van der Waals surface area (Å²) in [5.41, 5.74) is 6.92. The van der Waals surface area contributed by atoms with Gasteiger partial charge in [0.05, 0.1) is 7.11 Å². The number of nitrogens with zero attached hydrogens (tertiary/aromatic N) is 2. The van der Waals surface area contributed by atoms with Gasteiger partial charge in [0.15, 0.2) is 0 Å². The van der Waals surface area contributed by atoms with Crippen LogP contribution in [0.1, 0.15) is 12.5 Å². The lowest BCUT2D eigenvalue weighted by molar-refractivity contribution is 0.414. The van der Waals surface area contributed by atoms with E-state index in [1.807, 2.05) is 25.1 Å². The summed E-state index contributed by atoms with van der Waals surface area (Å²) in [5, 5.41) is 6.38. The van der Waals surface area contributed by atoms with Crippen LogP contribution in [-0.2, 0) is 6.42 Å². The Labute approximate surface area is 124 Å². The van der Waals surface area contributed by atoms with Crippen LogP contribution in [0.25, 0.3) is 0 Å². The molecule has 4 N–H and O–H groups in total. The van der Waals surface area contributed by atoms with Crippen LogP contribution in [0.15, 0.2) is 30.3 Å². The molecule has 2 rings (SSSR count). The van der Waals surface area contributed by atoms with Gasteiger partial charge in [-0.2, -0.15) is 9.97 Å². The third-order valence-corrected chi connectivity index (χ3v) is 2.98. The minimum absolute atomic E-state index is 0.264. The van der Waals surface area contributed by atoms with Gasteiger partial charge in [0, 0.05) is 19.2 Å². The number of benzene rings is 1. The largest absolute Gasteiger partial charge is 0.497 e. The lowest BCUT2D eigenvalue weighted by atomic mass is 10.1. The Balaban J connectivity index is 1.90. The number of nitrogens with two attached hydrogens (primary N) is 1. The number of aromatic nitrogens is 2. The van der Waals surface area contributed by atoms with Gasteiger partial charge in [-0.15, -0.1) is 0 Å². The maximum Gasteiger partial charge on any atom is 0.223 e. The summed E-state index contributed by atoms with van der Waals surface area (Å²) >= 11 is 0. The van der Waals surface area contributed by atoms with Gasteiger partial charge < -0.3 is 21.1 Å². The highest BCUT2D eigenvalue weighted by atomic mass is 16.5. The fourth-order valence-corrected chi connectivity index (χ4v) is 1.96. The molecule has 1 heterocycles. The highest BCUT2D eigenvalue weighted by Crippen LogP contribution is 2.14. The van der Waals surface area contributed by atoms with Crippen molar-refractivity contribution in [2.75, 3.05) is 36.6 Å². The van der Waals surface area contributed by atoms with E-state index in [-0.39, 0.29) is 5.95 Å². The molecule has 2 aromatic rings. The number of methoxy groups -OCH3 is 1. The average molecular weight is 287 g/mol. The van der Waals surface area contributed by atoms with Crippen molar-refractivity contribution in [2.24, 2.45) is 0 Å². The summed E-state index contributed by atoms with van der Waals surface area (Å²) in [5.74, 6) is 2.59. The quantitative estimate of drug-likeness (QED) is 0.723. The van der Waals surface area contributed by atoms with Gasteiger partial charge in [-0.25, -0.2) is 0 Å². The number of rotatable bonds is 7. The van der Waals surface area contributed by atoms with Gasteiger partial charge in [-0.05, 0) is 31.0 Å². The van der Waals surface area contributed by atoms with Crippen LogP contribution < -0.4 is 21.1 Å². The number of nitrogens with one attached hydrogen (secondary N) is 2. The second-order valence-corrected chi connectivity index (χ2v) is 4.55. The summed E-state index contributed by atoms with van der Waals surface area (Å²) in [7, 11) is 1.66. The van der Waals surface area contributed by atoms with Gasteiger partial charge in [0.25, 0.3) is 0 Å². The predicted molar refractivity (Wildman–Crippen MR) is 85.8 cm³/mol. The third kappa shape index (κ3) is 4.52. The van der Waals surface area contributed by atoms with E-state index in [0.29, 0.717) is 0 Å². The molecular weight excluding hydrogens is 266 g/mol. The van der Waals surface area contributed by atoms with Crippen LogP contribution in [0.2, 0.25) is 0 Å². The van der Waals surface area contributed by atoms with Crippen LogP contribution in [0.4, 0.5) is 17.6 Å². The van der Waals surface area contributed by atoms with Crippen molar-refractivity contribution >= 4 is 17.6 Å². The monoisotopic (exact) mass is 287 g/mol. The van der Waals surface area contributed by atoms with Gasteiger partial charge in [0.1, 0.15) is 17.4 Å². The molecule has 0 spiro atoms. The predicted octanol–water partition coefficient (Wildman–Crippen LogP) is 2.15. The van der Waals surface area contributed by atoms with E-state index in [1.54, 1.807) is 7.11 Å². The van der Waals surface area contributed by atoms with Crippen LogP contribution in [0.3, 0.4) is 0 Å². The molecule has 21 heavy (non-hydrogen) atoms. The van der Waals surface area contributed by atoms with Gasteiger partial charge in [0.2, 0.25) is 5.95 Å². The van der Waals surface area contributed by atoms with Crippen molar-refractivity contribution in [2.45, 2.75) is 13.3 Å². The zero-order chi connectivity index (χ0) is 15.1. The first-order valence-corrected chi connectivity index (χ1v) is 6.96. The molecule has 112 valence electrons. The molecule has 6 nitrogen and oxygen atoms in total. The van der Waals surface area contributed by atoms with Crippen LogP contribution >= 0.6 is 0 Å². The van der Waals surface area contributed by atoms with E-state index in [1.165, 1.54) is 5.56 Å². The molecule has 0 radical (unpaired) electrons. The first-order valence-electron chi connectivity index (χ1n) is 6.96. The van der Waals surface area contributed by atoms with Crippen LogP contribution in [0, 0.1) is 0 Å². The molecule has 0 unspecified atom stereocenters. The van der Waals surface area contributed by atoms with Crippen molar-refractivity contribution < 1.29 is 4.74 Å². The lowest BCUT2D eigenvalue weighted by Gasteiger charge is -2.09. The van der Waals surface area contributed by atoms with Crippen molar-refractivity contribution in [3.63, 3.8) is 0 Å². The molecule has 0 saturated heterocycles. The molecule has 0 atom stereocenters. The van der Waals surface area contributed by atoms with Gasteiger partial charge >= 0.3 is 0 Å². The molecule has 0 bridgehead atoms. The SMILES string of the molecule is CCNc1cc(NCCc2ccc(OC)cc2)nc(N)n1. The Bertz CT molecular complexity index is 571. The van der Waals surface area contributed by atoms with E-state index in [4.69, 9.17) is 10.5 Å². The highest BCUT2D eigenvalue weighted by molar-refractivity contribution is 5.51. The zero-order valence-corrected chi connectivity index (χ0v) is 12.4. The summed E-state index contributed by atoms with van der Waals surface area (Å²) < 4.78 is 5.14. The van der Waals surface area contributed by atoms with E-state index < -0.39 is 0 Å². The second kappa shape index (κ2) is 7.33. The Morgan fingerprint density at radius 3 is 2.38 bits per heavy atom. The minimum Gasteiger partial charge on any atom is -0.497 e. The fraction of sp³-hybridized carbons (Fsp3) is 0.333. The van der Waals surface area contributed by atoms with Crippen molar-refractivity contribution in [1.82, 2.24) is 9.97 Å². The molecule has 0 aliphatic carbocycles. The average Bonchev–Trinajstić information content (AvgIpc) is 2.48. The number of hydrogen-bond acceptors (Lipinski definition) is 6. The zero-order valence-electron chi connectivity index (χ0n) is 12.4. The van der Waals surface area contributed by atoms with Gasteiger partial charge in [-0.1, -0.05) is 12.1 Å². The fourth-order valence-electron chi connectivity index (χ4n) is 1.96.